The van der Waals surface area contributed by atoms with Gasteiger partial charge in [0.2, 0.25) is 0 Å². The summed E-state index contributed by atoms with van der Waals surface area (Å²) in [6.07, 6.45) is 11.7. The van der Waals surface area contributed by atoms with Gasteiger partial charge in [0.15, 0.2) is 0 Å². The van der Waals surface area contributed by atoms with Crippen LogP contribution in [0.5, 0.6) is 5.75 Å². The number of rotatable bonds is 7. The van der Waals surface area contributed by atoms with Crippen LogP contribution in [0.1, 0.15) is 49.7 Å². The second-order valence-electron chi connectivity index (χ2n) is 9.55. The number of hydrogen-bond acceptors (Lipinski definition) is 7. The lowest BCUT2D eigenvalue weighted by molar-refractivity contribution is -0.271. The molecule has 2 aliphatic heterocycles. The van der Waals surface area contributed by atoms with Gasteiger partial charge in [-0.25, -0.2) is 14.5 Å². The van der Waals surface area contributed by atoms with Gasteiger partial charge in [-0.2, -0.15) is 0 Å². The van der Waals surface area contributed by atoms with Gasteiger partial charge in [0, 0.05) is 36.8 Å². The third kappa shape index (κ3) is 5.17. The van der Waals surface area contributed by atoms with E-state index in [1.165, 1.54) is 25.7 Å². The van der Waals surface area contributed by atoms with Gasteiger partial charge in [0.05, 0.1) is 6.61 Å². The zero-order chi connectivity index (χ0) is 24.3. The highest BCUT2D eigenvalue weighted by Crippen LogP contribution is 2.39. The summed E-state index contributed by atoms with van der Waals surface area (Å²) >= 11 is 0. The molecule has 1 aromatic carbocycles. The number of H-pyrrole nitrogens is 1. The number of carbonyl (C=O) groups is 2. The molecule has 184 valence electrons. The first-order valence-electron chi connectivity index (χ1n) is 12.3. The molecule has 1 saturated carbocycles. The molecule has 2 aromatic rings. The number of aromatic nitrogens is 1. The minimum Gasteiger partial charge on any atom is -0.493 e. The van der Waals surface area contributed by atoms with Crippen molar-refractivity contribution < 1.29 is 23.8 Å². The first kappa shape index (κ1) is 23.4. The van der Waals surface area contributed by atoms with Crippen LogP contribution in [0.3, 0.4) is 0 Å². The van der Waals surface area contributed by atoms with Crippen LogP contribution in [0.4, 0.5) is 0 Å². The smallest absolute Gasteiger partial charge is 0.421 e. The van der Waals surface area contributed by atoms with Gasteiger partial charge < -0.3 is 19.2 Å². The van der Waals surface area contributed by atoms with Crippen LogP contribution < -0.4 is 10.3 Å². The molecule has 1 atom stereocenters. The van der Waals surface area contributed by atoms with E-state index in [1.807, 2.05) is 30.3 Å². The van der Waals surface area contributed by atoms with E-state index in [0.29, 0.717) is 18.0 Å². The van der Waals surface area contributed by atoms with Crippen molar-refractivity contribution in [3.8, 4) is 5.75 Å². The number of esters is 2. The fourth-order valence-corrected chi connectivity index (χ4v) is 5.19. The maximum absolute atomic E-state index is 12.2. The number of aromatic amines is 1. The van der Waals surface area contributed by atoms with Crippen molar-refractivity contribution in [2.75, 3.05) is 13.2 Å². The Morgan fingerprint density at radius 2 is 1.80 bits per heavy atom. The van der Waals surface area contributed by atoms with Crippen LogP contribution in [-0.4, -0.2) is 40.9 Å². The quantitative estimate of drug-likeness (QED) is 0.479. The molecule has 8 nitrogen and oxygen atoms in total. The molecule has 0 bridgehead atoms. The number of piperidine rings is 1. The molecule has 0 amide bonds. The van der Waals surface area contributed by atoms with Crippen LogP contribution in [0, 0.1) is 11.8 Å². The number of pyridine rings is 1. The SMILES string of the molecule is O=C1OC2(CC(/C=C/c3ccccc3OCC3CCCC3)CCN2Cc2ccc[nH]c2=O)OC1=O. The molecule has 3 fully saturated rings. The monoisotopic (exact) mass is 478 g/mol. The molecule has 1 aliphatic carbocycles. The normalized spacial score (nSPS) is 22.6. The van der Waals surface area contributed by atoms with E-state index in [-0.39, 0.29) is 24.4 Å². The summed E-state index contributed by atoms with van der Waals surface area (Å²) < 4.78 is 17.1. The van der Waals surface area contributed by atoms with Gasteiger partial charge >= 0.3 is 17.8 Å². The topological polar surface area (TPSA) is 97.9 Å². The summed E-state index contributed by atoms with van der Waals surface area (Å²) in [5.41, 5.74) is 1.26. The second-order valence-corrected chi connectivity index (χ2v) is 9.55. The molecule has 0 radical (unpaired) electrons. The summed E-state index contributed by atoms with van der Waals surface area (Å²) in [4.78, 5) is 40.6. The molecule has 1 unspecified atom stereocenters. The van der Waals surface area contributed by atoms with Gasteiger partial charge in [0.25, 0.3) is 5.56 Å². The Balaban J connectivity index is 1.31. The molecule has 8 heteroatoms. The Kier molecular flexibility index (Phi) is 6.72. The molecular formula is C27H30N2O6. The van der Waals surface area contributed by atoms with Crippen molar-refractivity contribution in [1.29, 1.82) is 0 Å². The summed E-state index contributed by atoms with van der Waals surface area (Å²) in [7, 11) is 0. The van der Waals surface area contributed by atoms with Crippen molar-refractivity contribution >= 4 is 18.0 Å². The molecule has 35 heavy (non-hydrogen) atoms. The summed E-state index contributed by atoms with van der Waals surface area (Å²) in [5.74, 6) is -2.05. The Morgan fingerprint density at radius 3 is 2.57 bits per heavy atom. The maximum atomic E-state index is 12.2. The summed E-state index contributed by atoms with van der Waals surface area (Å²) in [6, 6.07) is 11.4. The highest BCUT2D eigenvalue weighted by molar-refractivity contribution is 6.31. The van der Waals surface area contributed by atoms with Crippen LogP contribution in [0.25, 0.3) is 6.08 Å². The standard InChI is InChI=1S/C27H30N2O6/c30-24-22(9-5-14-28-24)17-29-15-13-19(16-27(29)34-25(31)26(32)35-27)11-12-21-8-3-4-10-23(21)33-18-20-6-1-2-7-20/h3-5,8-12,14,19-20H,1-2,6-7,13,15-18H2,(H,28,30)/b12-11+. The lowest BCUT2D eigenvalue weighted by atomic mass is 9.92. The van der Waals surface area contributed by atoms with Gasteiger partial charge in [-0.05, 0) is 43.2 Å². The number of ether oxygens (including phenoxy) is 3. The number of nitrogens with zero attached hydrogens (tertiary/aromatic N) is 1. The number of allylic oxidation sites excluding steroid dienone is 1. The minimum absolute atomic E-state index is 0.00176. The Bertz CT molecular complexity index is 1150. The van der Waals surface area contributed by atoms with Crippen molar-refractivity contribution in [2.45, 2.75) is 51.0 Å². The Hall–Kier alpha value is -3.39. The number of carbonyl (C=O) groups excluding carboxylic acids is 2. The number of benzene rings is 1. The minimum atomic E-state index is -1.51. The van der Waals surface area contributed by atoms with E-state index in [0.717, 1.165) is 24.3 Å². The Morgan fingerprint density at radius 1 is 1.03 bits per heavy atom. The highest BCUT2D eigenvalue weighted by atomic mass is 16.8. The molecule has 3 aliphatic rings. The zero-order valence-electron chi connectivity index (χ0n) is 19.6. The van der Waals surface area contributed by atoms with Crippen molar-refractivity contribution in [2.24, 2.45) is 11.8 Å². The molecule has 1 aromatic heterocycles. The largest absolute Gasteiger partial charge is 0.493 e. The molecule has 3 heterocycles. The van der Waals surface area contributed by atoms with E-state index >= 15 is 0 Å². The molecule has 1 N–H and O–H groups in total. The van der Waals surface area contributed by atoms with E-state index in [4.69, 9.17) is 14.2 Å². The predicted octanol–water partition coefficient (Wildman–Crippen LogP) is 3.62. The predicted molar refractivity (Wildman–Crippen MR) is 128 cm³/mol. The number of nitrogens with one attached hydrogen (secondary N) is 1. The number of para-hydroxylation sites is 1. The maximum Gasteiger partial charge on any atom is 0.421 e. The van der Waals surface area contributed by atoms with Gasteiger partial charge in [-0.3, -0.25) is 4.79 Å². The average molecular weight is 479 g/mol. The van der Waals surface area contributed by atoms with Gasteiger partial charge in [-0.15, -0.1) is 0 Å². The Labute approximate surface area is 203 Å². The third-order valence-electron chi connectivity index (χ3n) is 7.12. The van der Waals surface area contributed by atoms with Crippen molar-refractivity contribution in [1.82, 2.24) is 9.88 Å². The van der Waals surface area contributed by atoms with E-state index in [9.17, 15) is 14.4 Å². The summed E-state index contributed by atoms with van der Waals surface area (Å²) in [5, 5.41) is 0. The van der Waals surface area contributed by atoms with E-state index in [2.05, 4.69) is 11.1 Å². The second kappa shape index (κ2) is 10.1. The van der Waals surface area contributed by atoms with Crippen molar-refractivity contribution in [3.05, 3.63) is 70.2 Å². The fourth-order valence-electron chi connectivity index (χ4n) is 5.19. The third-order valence-corrected chi connectivity index (χ3v) is 7.12. The van der Waals surface area contributed by atoms with E-state index < -0.39 is 17.8 Å². The number of hydrogen-bond donors (Lipinski definition) is 1. The number of likely N-dealkylation sites (tertiary alicyclic amines) is 1. The van der Waals surface area contributed by atoms with Gasteiger partial charge in [-0.1, -0.05) is 49.3 Å². The van der Waals surface area contributed by atoms with Crippen molar-refractivity contribution in [3.63, 3.8) is 0 Å². The molecule has 2 saturated heterocycles. The average Bonchev–Trinajstić information content (AvgIpc) is 3.47. The first-order chi connectivity index (χ1) is 17.0. The molecular weight excluding hydrogens is 448 g/mol. The van der Waals surface area contributed by atoms with Crippen LogP contribution in [0.15, 0.2) is 53.5 Å². The lowest BCUT2D eigenvalue weighted by Gasteiger charge is -2.42. The lowest BCUT2D eigenvalue weighted by Crippen LogP contribution is -2.55. The van der Waals surface area contributed by atoms with Crippen LogP contribution in [0.2, 0.25) is 0 Å². The van der Waals surface area contributed by atoms with Crippen LogP contribution >= 0.6 is 0 Å². The molecule has 5 rings (SSSR count). The fraction of sp³-hybridized carbons (Fsp3) is 0.444. The zero-order valence-corrected chi connectivity index (χ0v) is 19.6. The van der Waals surface area contributed by atoms with Crippen LogP contribution in [-0.2, 0) is 25.6 Å². The van der Waals surface area contributed by atoms with E-state index in [1.54, 1.807) is 23.2 Å². The van der Waals surface area contributed by atoms with Gasteiger partial charge in [0.1, 0.15) is 5.75 Å². The highest BCUT2D eigenvalue weighted by Gasteiger charge is 2.55. The summed E-state index contributed by atoms with van der Waals surface area (Å²) in [6.45, 7) is 1.42. The molecule has 1 spiro atoms. The first-order valence-corrected chi connectivity index (χ1v) is 12.3.